The zero-order valence-corrected chi connectivity index (χ0v) is 8.56. The third-order valence-corrected chi connectivity index (χ3v) is 2.63. The van der Waals surface area contributed by atoms with Gasteiger partial charge >= 0.3 is 11.6 Å². The number of aromatic amines is 1. The zero-order chi connectivity index (χ0) is 12.0. The summed E-state index contributed by atoms with van der Waals surface area (Å²) in [5, 5.41) is 10.3. The number of carboxylic acid groups (broad SMARTS) is 1. The first-order valence-electron chi connectivity index (χ1n) is 4.94. The molecule has 0 atom stereocenters. The normalized spacial score (nSPS) is 11.1. The molecule has 0 amide bonds. The highest BCUT2D eigenvalue weighted by Crippen LogP contribution is 2.24. The first-order chi connectivity index (χ1) is 8.15. The monoisotopic (exact) mass is 229 g/mol. The Kier molecular flexibility index (Phi) is 1.82. The van der Waals surface area contributed by atoms with Crippen molar-refractivity contribution >= 4 is 27.8 Å². The molecule has 0 bridgehead atoms. The van der Waals surface area contributed by atoms with Gasteiger partial charge in [0, 0.05) is 22.4 Å². The Balaban J connectivity index is 2.46. The Morgan fingerprint density at radius 3 is 2.76 bits per heavy atom. The number of hydrogen-bond acceptors (Lipinski definition) is 3. The Hall–Kier alpha value is -2.56. The molecule has 0 saturated carbocycles. The number of rotatable bonds is 1. The lowest BCUT2D eigenvalue weighted by Crippen LogP contribution is -1.94. The van der Waals surface area contributed by atoms with Gasteiger partial charge in [-0.25, -0.2) is 9.59 Å². The van der Waals surface area contributed by atoms with Crippen LogP contribution in [0.25, 0.3) is 21.9 Å². The number of fused-ring (bicyclic) bond motifs is 3. The van der Waals surface area contributed by atoms with Crippen molar-refractivity contribution in [3.05, 3.63) is 46.4 Å². The van der Waals surface area contributed by atoms with Crippen LogP contribution in [0.2, 0.25) is 0 Å². The van der Waals surface area contributed by atoms with E-state index in [4.69, 9.17) is 9.52 Å². The number of aromatic nitrogens is 1. The van der Waals surface area contributed by atoms with Gasteiger partial charge in [-0.2, -0.15) is 0 Å². The highest BCUT2D eigenvalue weighted by Gasteiger charge is 2.10. The zero-order valence-electron chi connectivity index (χ0n) is 8.56. The van der Waals surface area contributed by atoms with Gasteiger partial charge in [0.25, 0.3) is 0 Å². The van der Waals surface area contributed by atoms with Crippen molar-refractivity contribution in [2.45, 2.75) is 0 Å². The van der Waals surface area contributed by atoms with E-state index in [1.165, 1.54) is 12.1 Å². The van der Waals surface area contributed by atoms with Crippen LogP contribution in [-0.4, -0.2) is 16.1 Å². The third-order valence-electron chi connectivity index (χ3n) is 2.63. The molecule has 3 rings (SSSR count). The predicted octanol–water partition coefficient (Wildman–Crippen LogP) is 1.97. The molecule has 0 radical (unpaired) electrons. The molecular formula is C12H7NO4. The van der Waals surface area contributed by atoms with Crippen LogP contribution < -0.4 is 5.63 Å². The maximum Gasteiger partial charge on any atom is 0.352 e. The van der Waals surface area contributed by atoms with Crippen molar-refractivity contribution < 1.29 is 14.3 Å². The van der Waals surface area contributed by atoms with Gasteiger partial charge in [0.05, 0.1) is 0 Å². The first-order valence-corrected chi connectivity index (χ1v) is 4.94. The van der Waals surface area contributed by atoms with Gasteiger partial charge in [0.15, 0.2) is 0 Å². The number of H-pyrrole nitrogens is 1. The molecule has 0 unspecified atom stereocenters. The van der Waals surface area contributed by atoms with E-state index in [-0.39, 0.29) is 5.69 Å². The second-order valence-corrected chi connectivity index (χ2v) is 3.68. The van der Waals surface area contributed by atoms with E-state index in [9.17, 15) is 9.59 Å². The van der Waals surface area contributed by atoms with Crippen LogP contribution in [0.4, 0.5) is 0 Å². The number of aromatic carboxylic acids is 1. The van der Waals surface area contributed by atoms with Gasteiger partial charge in [-0.1, -0.05) is 0 Å². The van der Waals surface area contributed by atoms with Gasteiger partial charge in [0.1, 0.15) is 11.3 Å². The average molecular weight is 229 g/mol. The van der Waals surface area contributed by atoms with Crippen molar-refractivity contribution in [2.75, 3.05) is 0 Å². The van der Waals surface area contributed by atoms with Crippen LogP contribution in [0.3, 0.4) is 0 Å². The van der Waals surface area contributed by atoms with Crippen molar-refractivity contribution in [2.24, 2.45) is 0 Å². The van der Waals surface area contributed by atoms with Crippen LogP contribution in [0.15, 0.2) is 39.5 Å². The second kappa shape index (κ2) is 3.21. The SMILES string of the molecule is O=C(O)c1cc2c(ccc3oc(=O)ccc32)[nH]1. The van der Waals surface area contributed by atoms with E-state index in [1.54, 1.807) is 18.2 Å². The Morgan fingerprint density at radius 2 is 2.00 bits per heavy atom. The average Bonchev–Trinajstić information content (AvgIpc) is 2.72. The molecule has 0 aliphatic rings. The first kappa shape index (κ1) is 9.65. The molecule has 0 aliphatic carbocycles. The van der Waals surface area contributed by atoms with Gasteiger partial charge in [-0.3, -0.25) is 0 Å². The fourth-order valence-corrected chi connectivity index (χ4v) is 1.88. The molecule has 5 nitrogen and oxygen atoms in total. The summed E-state index contributed by atoms with van der Waals surface area (Å²) in [6.45, 7) is 0. The highest BCUT2D eigenvalue weighted by molar-refractivity contribution is 6.07. The molecule has 0 fully saturated rings. The van der Waals surface area contributed by atoms with Gasteiger partial charge in [0.2, 0.25) is 0 Å². The predicted molar refractivity (Wildman–Crippen MR) is 61.3 cm³/mol. The van der Waals surface area contributed by atoms with E-state index in [2.05, 4.69) is 4.98 Å². The van der Waals surface area contributed by atoms with Crippen molar-refractivity contribution in [3.8, 4) is 0 Å². The van der Waals surface area contributed by atoms with E-state index in [0.29, 0.717) is 16.5 Å². The topological polar surface area (TPSA) is 83.3 Å². The third kappa shape index (κ3) is 1.40. The number of hydrogen-bond donors (Lipinski definition) is 2. The van der Waals surface area contributed by atoms with Crippen LogP contribution in [0.1, 0.15) is 10.5 Å². The summed E-state index contributed by atoms with van der Waals surface area (Å²) in [5.41, 5.74) is 0.828. The molecule has 0 spiro atoms. The summed E-state index contributed by atoms with van der Waals surface area (Å²) in [6, 6.07) is 7.80. The molecule has 84 valence electrons. The largest absolute Gasteiger partial charge is 0.477 e. The van der Waals surface area contributed by atoms with E-state index in [0.717, 1.165) is 5.39 Å². The van der Waals surface area contributed by atoms with Crippen LogP contribution in [0, 0.1) is 0 Å². The summed E-state index contributed by atoms with van der Waals surface area (Å²) in [4.78, 5) is 24.7. The molecule has 2 heterocycles. The fourth-order valence-electron chi connectivity index (χ4n) is 1.88. The highest BCUT2D eigenvalue weighted by atomic mass is 16.4. The van der Waals surface area contributed by atoms with Crippen LogP contribution >= 0.6 is 0 Å². The molecule has 0 saturated heterocycles. The molecule has 2 aromatic heterocycles. The lowest BCUT2D eigenvalue weighted by atomic mass is 10.1. The van der Waals surface area contributed by atoms with Gasteiger partial charge < -0.3 is 14.5 Å². The quantitative estimate of drug-likeness (QED) is 0.625. The maximum atomic E-state index is 11.1. The number of nitrogens with one attached hydrogen (secondary N) is 1. The van der Waals surface area contributed by atoms with E-state index < -0.39 is 11.6 Å². The molecule has 1 aromatic carbocycles. The molecule has 17 heavy (non-hydrogen) atoms. The van der Waals surface area contributed by atoms with Crippen molar-refractivity contribution in [1.29, 1.82) is 0 Å². The number of carbonyl (C=O) groups is 1. The minimum atomic E-state index is -1.02. The van der Waals surface area contributed by atoms with E-state index >= 15 is 0 Å². The standard InChI is InChI=1S/C12H7NO4/c14-11-4-1-6-7-5-9(12(15)16)13-8(7)2-3-10(6)17-11/h1-5,13H,(H,15,16). The summed E-state index contributed by atoms with van der Waals surface area (Å²) in [7, 11) is 0. The smallest absolute Gasteiger partial charge is 0.352 e. The lowest BCUT2D eigenvalue weighted by molar-refractivity contribution is 0.0691. The molecule has 0 aliphatic heterocycles. The number of benzene rings is 1. The Bertz CT molecular complexity index is 797. The molecule has 3 aromatic rings. The van der Waals surface area contributed by atoms with E-state index in [1.807, 2.05) is 0 Å². The summed E-state index contributed by atoms with van der Waals surface area (Å²) < 4.78 is 5.02. The Labute approximate surface area is 94.3 Å². The molecular weight excluding hydrogens is 222 g/mol. The fraction of sp³-hybridized carbons (Fsp3) is 0. The summed E-state index contributed by atoms with van der Waals surface area (Å²) in [6.07, 6.45) is 0. The minimum absolute atomic E-state index is 0.110. The van der Waals surface area contributed by atoms with Gasteiger partial charge in [-0.05, 0) is 24.3 Å². The molecule has 2 N–H and O–H groups in total. The van der Waals surface area contributed by atoms with Crippen molar-refractivity contribution in [1.82, 2.24) is 4.98 Å². The lowest BCUT2D eigenvalue weighted by Gasteiger charge is -1.96. The Morgan fingerprint density at radius 1 is 1.18 bits per heavy atom. The minimum Gasteiger partial charge on any atom is -0.477 e. The maximum absolute atomic E-state index is 11.1. The summed E-state index contributed by atoms with van der Waals surface area (Å²) >= 11 is 0. The van der Waals surface area contributed by atoms with Crippen LogP contribution in [0.5, 0.6) is 0 Å². The van der Waals surface area contributed by atoms with Gasteiger partial charge in [-0.15, -0.1) is 0 Å². The van der Waals surface area contributed by atoms with Crippen molar-refractivity contribution in [3.63, 3.8) is 0 Å². The number of carboxylic acids is 1. The second-order valence-electron chi connectivity index (χ2n) is 3.68. The van der Waals surface area contributed by atoms with Crippen LogP contribution in [-0.2, 0) is 0 Å². The summed E-state index contributed by atoms with van der Waals surface area (Å²) in [5.74, 6) is -1.02. The molecule has 5 heteroatoms.